The number of hydrogen-bond donors (Lipinski definition) is 2. The van der Waals surface area contributed by atoms with Gasteiger partial charge in [-0.25, -0.2) is 9.59 Å². The topological polar surface area (TPSA) is 83.1 Å². The van der Waals surface area contributed by atoms with Crippen LogP contribution in [-0.2, 0) is 9.47 Å². The average molecular weight is 759 g/mol. The number of benzene rings is 1. The van der Waals surface area contributed by atoms with Gasteiger partial charge in [0.1, 0.15) is 0 Å². The molecule has 314 valence electrons. The van der Waals surface area contributed by atoms with Crippen LogP contribution in [0.4, 0.5) is 21.0 Å². The second-order valence-corrected chi connectivity index (χ2v) is 15.5. The van der Waals surface area contributed by atoms with Crippen molar-refractivity contribution in [3.8, 4) is 0 Å². The summed E-state index contributed by atoms with van der Waals surface area (Å²) in [6.07, 6.45) is 33.6. The molecule has 0 saturated carbocycles. The summed E-state index contributed by atoms with van der Waals surface area (Å²) in [5, 5.41) is 5.55. The highest BCUT2D eigenvalue weighted by atomic mass is 16.6. The molecule has 1 rings (SSSR count). The van der Waals surface area contributed by atoms with Crippen molar-refractivity contribution in [3.63, 3.8) is 0 Å². The van der Waals surface area contributed by atoms with E-state index in [9.17, 15) is 9.59 Å². The van der Waals surface area contributed by atoms with Crippen molar-refractivity contribution >= 4 is 23.6 Å². The maximum Gasteiger partial charge on any atom is 0.411 e. The summed E-state index contributed by atoms with van der Waals surface area (Å²) in [5.41, 5.74) is 1.24. The van der Waals surface area contributed by atoms with E-state index in [2.05, 4.69) is 48.1 Å². The lowest BCUT2D eigenvalue weighted by atomic mass is 10.1. The molecule has 0 aliphatic heterocycles. The number of anilines is 2. The van der Waals surface area contributed by atoms with E-state index in [4.69, 9.17) is 9.47 Å². The third-order valence-corrected chi connectivity index (χ3v) is 10.6. The van der Waals surface area contributed by atoms with E-state index in [0.29, 0.717) is 24.6 Å². The number of hydrogen-bond acceptors (Lipinski definition) is 6. The second-order valence-electron chi connectivity index (χ2n) is 15.5. The van der Waals surface area contributed by atoms with Gasteiger partial charge >= 0.3 is 12.2 Å². The van der Waals surface area contributed by atoms with Crippen LogP contribution in [0.25, 0.3) is 0 Å². The first-order valence-electron chi connectivity index (χ1n) is 22.9. The van der Waals surface area contributed by atoms with Crippen molar-refractivity contribution in [1.29, 1.82) is 0 Å². The molecule has 0 fully saturated rings. The number of rotatable bonds is 38. The van der Waals surface area contributed by atoms with Gasteiger partial charge in [0.25, 0.3) is 0 Å². The standard InChI is InChI=1S/C46H86N4O4/c1-5-9-11-13-15-17-19-21-23-25-27-29-37-49(7-3)39-31-41-53-45(51)47-43-33-35-44(36-34-43)48-46(52)54-42-32-40-50(8-4)38-30-28-26-24-22-20-18-16-14-12-10-6-2/h33-36H,5-32,37-42H2,1-4H3,(H,47,51)(H,48,52). The fourth-order valence-electron chi connectivity index (χ4n) is 7.06. The Morgan fingerprint density at radius 3 is 0.944 bits per heavy atom. The Morgan fingerprint density at radius 2 is 0.667 bits per heavy atom. The molecule has 0 spiro atoms. The fourth-order valence-corrected chi connectivity index (χ4v) is 7.06. The maximum absolute atomic E-state index is 12.3. The molecule has 0 aliphatic rings. The highest BCUT2D eigenvalue weighted by Crippen LogP contribution is 2.16. The largest absolute Gasteiger partial charge is 0.449 e. The van der Waals surface area contributed by atoms with Gasteiger partial charge in [-0.15, -0.1) is 0 Å². The maximum atomic E-state index is 12.3. The zero-order valence-corrected chi connectivity index (χ0v) is 35.9. The van der Waals surface area contributed by atoms with Crippen LogP contribution in [0.1, 0.15) is 195 Å². The smallest absolute Gasteiger partial charge is 0.411 e. The number of nitrogens with zero attached hydrogens (tertiary/aromatic N) is 2. The van der Waals surface area contributed by atoms with Crippen molar-refractivity contribution in [2.24, 2.45) is 0 Å². The first kappa shape index (κ1) is 49.7. The highest BCUT2D eigenvalue weighted by Gasteiger charge is 2.08. The van der Waals surface area contributed by atoms with Crippen LogP contribution in [0.3, 0.4) is 0 Å². The van der Waals surface area contributed by atoms with E-state index in [1.54, 1.807) is 24.3 Å². The monoisotopic (exact) mass is 759 g/mol. The molecule has 0 radical (unpaired) electrons. The van der Waals surface area contributed by atoms with Gasteiger partial charge in [0.2, 0.25) is 0 Å². The summed E-state index contributed by atoms with van der Waals surface area (Å²) in [4.78, 5) is 29.6. The Labute approximate surface area is 333 Å². The molecule has 0 aliphatic carbocycles. The Bertz CT molecular complexity index is 899. The van der Waals surface area contributed by atoms with Crippen LogP contribution >= 0.6 is 0 Å². The molecule has 2 N–H and O–H groups in total. The summed E-state index contributed by atoms with van der Waals surface area (Å²) in [6, 6.07) is 7.00. The van der Waals surface area contributed by atoms with Crippen LogP contribution in [0.5, 0.6) is 0 Å². The van der Waals surface area contributed by atoms with Crippen molar-refractivity contribution in [2.75, 3.05) is 63.1 Å². The van der Waals surface area contributed by atoms with E-state index in [0.717, 1.165) is 52.1 Å². The quantitative estimate of drug-likeness (QED) is 0.0654. The molecule has 2 amide bonds. The third-order valence-electron chi connectivity index (χ3n) is 10.6. The summed E-state index contributed by atoms with van der Waals surface area (Å²) >= 11 is 0. The Hall–Kier alpha value is -2.32. The van der Waals surface area contributed by atoms with E-state index in [1.165, 1.54) is 154 Å². The van der Waals surface area contributed by atoms with Crippen LogP contribution in [0.2, 0.25) is 0 Å². The van der Waals surface area contributed by atoms with Gasteiger partial charge in [-0.3, -0.25) is 10.6 Å². The molecule has 0 unspecified atom stereocenters. The number of amides is 2. The molecule has 0 atom stereocenters. The second kappa shape index (κ2) is 37.6. The number of unbranched alkanes of at least 4 members (excludes halogenated alkanes) is 22. The van der Waals surface area contributed by atoms with Gasteiger partial charge in [-0.05, 0) is 76.1 Å². The van der Waals surface area contributed by atoms with E-state index < -0.39 is 12.2 Å². The molecule has 8 nitrogen and oxygen atoms in total. The normalized spacial score (nSPS) is 11.4. The van der Waals surface area contributed by atoms with Gasteiger partial charge in [-0.2, -0.15) is 0 Å². The molecule has 8 heteroatoms. The van der Waals surface area contributed by atoms with Crippen molar-refractivity contribution in [1.82, 2.24) is 9.80 Å². The Morgan fingerprint density at radius 1 is 0.407 bits per heavy atom. The van der Waals surface area contributed by atoms with Crippen LogP contribution in [-0.4, -0.2) is 74.5 Å². The summed E-state index contributed by atoms with van der Waals surface area (Å²) in [5.74, 6) is 0. The Balaban J connectivity index is 2.06. The molecular weight excluding hydrogens is 673 g/mol. The predicted molar refractivity (Wildman–Crippen MR) is 232 cm³/mol. The van der Waals surface area contributed by atoms with Gasteiger partial charge in [0.05, 0.1) is 13.2 Å². The number of nitrogens with one attached hydrogen (secondary N) is 2. The van der Waals surface area contributed by atoms with Gasteiger partial charge in [0.15, 0.2) is 0 Å². The summed E-state index contributed by atoms with van der Waals surface area (Å²) < 4.78 is 10.8. The van der Waals surface area contributed by atoms with Crippen LogP contribution in [0.15, 0.2) is 24.3 Å². The zero-order valence-electron chi connectivity index (χ0n) is 35.9. The molecule has 54 heavy (non-hydrogen) atoms. The lowest BCUT2D eigenvalue weighted by Gasteiger charge is -2.20. The molecule has 0 heterocycles. The molecular formula is C46H86N4O4. The first-order chi connectivity index (χ1) is 26.5. The SMILES string of the molecule is CCCCCCCCCCCCCCN(CC)CCCOC(=O)Nc1ccc(NC(=O)OCCCN(CC)CCCCCCCCCCCCCC)cc1. The lowest BCUT2D eigenvalue weighted by Crippen LogP contribution is -2.27. The highest BCUT2D eigenvalue weighted by molar-refractivity contribution is 5.87. The van der Waals surface area contributed by atoms with Crippen molar-refractivity contribution < 1.29 is 19.1 Å². The third kappa shape index (κ3) is 30.9. The summed E-state index contributed by atoms with van der Waals surface area (Å²) in [7, 11) is 0. The molecule has 1 aromatic rings. The summed E-state index contributed by atoms with van der Waals surface area (Å²) in [6.45, 7) is 15.9. The molecule has 1 aromatic carbocycles. The Kier molecular flexibility index (Phi) is 34.6. The van der Waals surface area contributed by atoms with E-state index >= 15 is 0 Å². The molecule has 0 bridgehead atoms. The van der Waals surface area contributed by atoms with Gasteiger partial charge < -0.3 is 19.3 Å². The average Bonchev–Trinajstić information content (AvgIpc) is 3.18. The predicted octanol–water partition coefficient (Wildman–Crippen LogP) is 13.6. The van der Waals surface area contributed by atoms with Crippen molar-refractivity contribution in [2.45, 2.75) is 195 Å². The van der Waals surface area contributed by atoms with E-state index in [-0.39, 0.29) is 0 Å². The first-order valence-corrected chi connectivity index (χ1v) is 22.9. The fraction of sp³-hybridized carbons (Fsp3) is 0.826. The van der Waals surface area contributed by atoms with Crippen molar-refractivity contribution in [3.05, 3.63) is 24.3 Å². The molecule has 0 aromatic heterocycles. The van der Waals surface area contributed by atoms with Crippen LogP contribution in [0, 0.1) is 0 Å². The minimum Gasteiger partial charge on any atom is -0.449 e. The van der Waals surface area contributed by atoms with Gasteiger partial charge in [-0.1, -0.05) is 169 Å². The van der Waals surface area contributed by atoms with Gasteiger partial charge in [0, 0.05) is 24.5 Å². The van der Waals surface area contributed by atoms with E-state index in [1.807, 2.05) is 0 Å². The lowest BCUT2D eigenvalue weighted by molar-refractivity contribution is 0.151. The minimum atomic E-state index is -0.459. The number of carbonyl (C=O) groups excluding carboxylic acids is 2. The minimum absolute atomic E-state index is 0.391. The molecule has 0 saturated heterocycles. The number of ether oxygens (including phenoxy) is 2. The zero-order chi connectivity index (χ0) is 39.2. The van der Waals surface area contributed by atoms with Crippen LogP contribution < -0.4 is 10.6 Å². The number of carbonyl (C=O) groups is 2.